The molecular formula is C25H22FN3O4S. The number of carbonyl (C=O) groups excluding carboxylic acids is 2. The van der Waals surface area contributed by atoms with Crippen LogP contribution in [0, 0.1) is 19.7 Å². The number of aryl methyl sites for hydroxylation is 1. The van der Waals surface area contributed by atoms with E-state index in [1.807, 2.05) is 0 Å². The van der Waals surface area contributed by atoms with E-state index in [9.17, 15) is 18.8 Å². The number of benzene rings is 2. The Kier molecular flexibility index (Phi) is 6.39. The highest BCUT2D eigenvalue weighted by molar-refractivity contribution is 8.00. The molecule has 1 unspecified atom stereocenters. The molecule has 0 bridgehead atoms. The number of carbonyl (C=O) groups is 2. The minimum Gasteiger partial charge on any atom is -0.465 e. The van der Waals surface area contributed by atoms with Gasteiger partial charge in [-0.15, -0.1) is 0 Å². The minimum absolute atomic E-state index is 0.256. The van der Waals surface area contributed by atoms with Crippen molar-refractivity contribution in [3.8, 4) is 5.69 Å². The highest BCUT2D eigenvalue weighted by atomic mass is 32.2. The van der Waals surface area contributed by atoms with Gasteiger partial charge in [0.2, 0.25) is 0 Å². The van der Waals surface area contributed by atoms with Gasteiger partial charge in [-0.05, 0) is 62.7 Å². The number of aromatic amines is 1. The molecule has 2 aromatic carbocycles. The number of hydrogen-bond donors (Lipinski definition) is 1. The summed E-state index contributed by atoms with van der Waals surface area (Å²) < 4.78 is 19.7. The van der Waals surface area contributed by atoms with Crippen LogP contribution >= 0.6 is 11.8 Å². The number of para-hydroxylation sites is 1. The lowest BCUT2D eigenvalue weighted by atomic mass is 10.1. The molecule has 2 heterocycles. The fourth-order valence-corrected chi connectivity index (χ4v) is 4.81. The number of fused-ring (bicyclic) bond motifs is 1. The lowest BCUT2D eigenvalue weighted by Crippen LogP contribution is -2.24. The zero-order chi connectivity index (χ0) is 24.6. The van der Waals surface area contributed by atoms with E-state index in [2.05, 4.69) is 9.97 Å². The average molecular weight is 480 g/mol. The van der Waals surface area contributed by atoms with Gasteiger partial charge in [-0.3, -0.25) is 14.2 Å². The molecule has 0 saturated carbocycles. The van der Waals surface area contributed by atoms with E-state index in [4.69, 9.17) is 4.74 Å². The summed E-state index contributed by atoms with van der Waals surface area (Å²) in [7, 11) is 1.29. The molecule has 1 N–H and O–H groups in total. The smallest absolute Gasteiger partial charge is 0.339 e. The Bertz CT molecular complexity index is 1470. The van der Waals surface area contributed by atoms with Crippen molar-refractivity contribution in [1.29, 1.82) is 0 Å². The van der Waals surface area contributed by atoms with Gasteiger partial charge in [0.15, 0.2) is 10.9 Å². The molecule has 0 amide bonds. The molecule has 1 atom stereocenters. The van der Waals surface area contributed by atoms with Gasteiger partial charge >= 0.3 is 5.97 Å². The first-order valence-electron chi connectivity index (χ1n) is 10.5. The summed E-state index contributed by atoms with van der Waals surface area (Å²) in [4.78, 5) is 46.4. The largest absolute Gasteiger partial charge is 0.465 e. The van der Waals surface area contributed by atoms with Gasteiger partial charge in [-0.25, -0.2) is 14.2 Å². The molecule has 0 spiro atoms. The third-order valence-corrected chi connectivity index (χ3v) is 6.61. The molecule has 2 aromatic heterocycles. The average Bonchev–Trinajstić information content (AvgIpc) is 3.12. The van der Waals surface area contributed by atoms with Gasteiger partial charge < -0.3 is 9.72 Å². The Morgan fingerprint density at radius 2 is 1.79 bits per heavy atom. The molecule has 7 nitrogen and oxygen atoms in total. The molecule has 0 saturated heterocycles. The first kappa shape index (κ1) is 23.4. The van der Waals surface area contributed by atoms with E-state index in [0.29, 0.717) is 44.3 Å². The number of ether oxygens (including phenoxy) is 1. The number of Topliss-reactive ketones (excluding diaryl/α,β-unsaturated/α-hetero) is 1. The Balaban J connectivity index is 1.78. The molecule has 0 aliphatic heterocycles. The van der Waals surface area contributed by atoms with Crippen molar-refractivity contribution in [3.63, 3.8) is 0 Å². The summed E-state index contributed by atoms with van der Waals surface area (Å²) in [5.74, 6) is -1.21. The zero-order valence-electron chi connectivity index (χ0n) is 19.0. The number of ketones is 1. The van der Waals surface area contributed by atoms with Gasteiger partial charge in [0.25, 0.3) is 5.56 Å². The predicted molar refractivity (Wildman–Crippen MR) is 129 cm³/mol. The number of H-pyrrole nitrogens is 1. The van der Waals surface area contributed by atoms with Crippen LogP contribution in [-0.4, -0.2) is 38.6 Å². The second kappa shape index (κ2) is 9.26. The Morgan fingerprint density at radius 3 is 2.47 bits per heavy atom. The second-order valence-corrected chi connectivity index (χ2v) is 9.08. The van der Waals surface area contributed by atoms with E-state index in [0.717, 1.165) is 11.8 Å². The quantitative estimate of drug-likeness (QED) is 0.188. The maximum atomic E-state index is 13.5. The number of esters is 1. The van der Waals surface area contributed by atoms with E-state index in [-0.39, 0.29) is 11.3 Å². The van der Waals surface area contributed by atoms with E-state index >= 15 is 0 Å². The number of aromatic nitrogens is 3. The van der Waals surface area contributed by atoms with Crippen molar-refractivity contribution in [2.24, 2.45) is 0 Å². The summed E-state index contributed by atoms with van der Waals surface area (Å²) in [6, 6.07) is 12.4. The molecule has 4 aromatic rings. The highest BCUT2D eigenvalue weighted by Gasteiger charge is 2.27. The van der Waals surface area contributed by atoms with Crippen LogP contribution in [0.25, 0.3) is 16.6 Å². The molecule has 34 heavy (non-hydrogen) atoms. The molecule has 174 valence electrons. The highest BCUT2D eigenvalue weighted by Crippen LogP contribution is 2.29. The van der Waals surface area contributed by atoms with E-state index in [1.165, 1.54) is 35.9 Å². The van der Waals surface area contributed by atoms with Crippen LogP contribution in [0.4, 0.5) is 4.39 Å². The van der Waals surface area contributed by atoms with Crippen LogP contribution in [0.15, 0.2) is 58.5 Å². The summed E-state index contributed by atoms with van der Waals surface area (Å²) in [5, 5.41) is 0.0565. The fraction of sp³-hybridized carbons (Fsp3) is 0.200. The van der Waals surface area contributed by atoms with E-state index < -0.39 is 17.0 Å². The number of hydrogen-bond acceptors (Lipinski definition) is 6. The number of halogens is 1. The van der Waals surface area contributed by atoms with Crippen LogP contribution in [0.3, 0.4) is 0 Å². The topological polar surface area (TPSA) is 94.1 Å². The molecule has 9 heteroatoms. The summed E-state index contributed by atoms with van der Waals surface area (Å²) in [5.41, 5.74) is 2.28. The number of nitrogens with zero attached hydrogens (tertiary/aromatic N) is 2. The van der Waals surface area contributed by atoms with Crippen LogP contribution in [0.1, 0.15) is 39.0 Å². The monoisotopic (exact) mass is 479 g/mol. The van der Waals surface area contributed by atoms with Crippen LogP contribution < -0.4 is 5.56 Å². The number of thioether (sulfide) groups is 1. The maximum Gasteiger partial charge on any atom is 0.339 e. The van der Waals surface area contributed by atoms with Crippen molar-refractivity contribution < 1.29 is 18.7 Å². The molecule has 0 aliphatic rings. The fourth-order valence-electron chi connectivity index (χ4n) is 3.83. The van der Waals surface area contributed by atoms with Crippen molar-refractivity contribution in [3.05, 3.63) is 87.2 Å². The Hall–Kier alpha value is -3.72. The first-order chi connectivity index (χ1) is 16.2. The normalized spacial score (nSPS) is 12.0. The summed E-state index contributed by atoms with van der Waals surface area (Å²) in [6.07, 6.45) is 0. The predicted octanol–water partition coefficient (Wildman–Crippen LogP) is 4.62. The molecule has 0 radical (unpaired) electrons. The second-order valence-electron chi connectivity index (χ2n) is 7.77. The van der Waals surface area contributed by atoms with Gasteiger partial charge in [0.1, 0.15) is 5.82 Å². The number of rotatable bonds is 6. The summed E-state index contributed by atoms with van der Waals surface area (Å²) >= 11 is 1.11. The van der Waals surface area contributed by atoms with Crippen molar-refractivity contribution in [2.45, 2.75) is 31.2 Å². The zero-order valence-corrected chi connectivity index (χ0v) is 19.8. The lowest BCUT2D eigenvalue weighted by molar-refractivity contribution is 0.0599. The van der Waals surface area contributed by atoms with Crippen molar-refractivity contribution in [2.75, 3.05) is 7.11 Å². The van der Waals surface area contributed by atoms with Gasteiger partial charge in [0, 0.05) is 5.69 Å². The van der Waals surface area contributed by atoms with Gasteiger partial charge in [-0.1, -0.05) is 23.9 Å². The minimum atomic E-state index is -0.651. The van der Waals surface area contributed by atoms with Crippen LogP contribution in [0.2, 0.25) is 0 Å². The SMILES string of the molecule is COC(=O)c1c(C)[nH]c(C(=O)C(C)Sc2nc3ccccc3c(=O)n2-c2ccc(F)cc2)c1C. The van der Waals surface area contributed by atoms with Crippen molar-refractivity contribution in [1.82, 2.24) is 14.5 Å². The van der Waals surface area contributed by atoms with Gasteiger partial charge in [-0.2, -0.15) is 0 Å². The van der Waals surface area contributed by atoms with Gasteiger partial charge in [0.05, 0.1) is 40.2 Å². The van der Waals surface area contributed by atoms with Crippen LogP contribution in [0.5, 0.6) is 0 Å². The third kappa shape index (κ3) is 4.14. The molecular weight excluding hydrogens is 457 g/mol. The van der Waals surface area contributed by atoms with E-state index in [1.54, 1.807) is 45.0 Å². The molecule has 0 aliphatic carbocycles. The lowest BCUT2D eigenvalue weighted by Gasteiger charge is -2.16. The molecule has 0 fully saturated rings. The van der Waals surface area contributed by atoms with Crippen LogP contribution in [-0.2, 0) is 4.74 Å². The Labute approximate surface area is 199 Å². The number of nitrogens with one attached hydrogen (secondary N) is 1. The standard InChI is InChI=1S/C25H22FN3O4S/c1-13-20(24(32)33-4)14(2)27-21(13)22(30)15(3)34-25-28-19-8-6-5-7-18(19)23(31)29(25)17-11-9-16(26)10-12-17/h5-12,15,27H,1-4H3. The third-order valence-electron chi connectivity index (χ3n) is 5.55. The number of methoxy groups -OCH3 is 1. The maximum absolute atomic E-state index is 13.5. The van der Waals surface area contributed by atoms with Crippen molar-refractivity contribution >= 4 is 34.4 Å². The molecule has 4 rings (SSSR count). The Morgan fingerprint density at radius 1 is 1.12 bits per heavy atom. The summed E-state index contributed by atoms with van der Waals surface area (Å²) in [6.45, 7) is 5.09. The first-order valence-corrected chi connectivity index (χ1v) is 11.4.